The second kappa shape index (κ2) is 11.7. The molecule has 0 aromatic heterocycles. The molecular weight excluding hydrogens is 518 g/mol. The van der Waals surface area contributed by atoms with Gasteiger partial charge in [0, 0.05) is 25.3 Å². The molecule has 1 aromatic carbocycles. The number of aliphatic hydroxyl groups is 1. The van der Waals surface area contributed by atoms with E-state index in [1.54, 1.807) is 9.80 Å². The van der Waals surface area contributed by atoms with Gasteiger partial charge < -0.3 is 24.5 Å². The normalized spacial score (nSPS) is 31.8. The van der Waals surface area contributed by atoms with E-state index in [-0.39, 0.29) is 30.2 Å². The van der Waals surface area contributed by atoms with Gasteiger partial charge in [-0.3, -0.25) is 14.4 Å². The first-order valence-electron chi connectivity index (χ1n) is 15.4. The van der Waals surface area contributed by atoms with Crippen molar-refractivity contribution < 1.29 is 24.2 Å². The minimum Gasteiger partial charge on any atom is -0.394 e. The summed E-state index contributed by atoms with van der Waals surface area (Å²) in [5.41, 5.74) is -1.57. The van der Waals surface area contributed by atoms with Crippen molar-refractivity contribution in [1.29, 1.82) is 0 Å². The van der Waals surface area contributed by atoms with Gasteiger partial charge in [-0.05, 0) is 37.3 Å². The number of likely N-dealkylation sites (tertiary alicyclic amines) is 1. The van der Waals surface area contributed by atoms with Gasteiger partial charge in [-0.1, -0.05) is 83.0 Å². The molecule has 6 atom stereocenters. The summed E-state index contributed by atoms with van der Waals surface area (Å²) in [7, 11) is 0. The summed E-state index contributed by atoms with van der Waals surface area (Å²) >= 11 is 0. The molecule has 41 heavy (non-hydrogen) atoms. The molecule has 4 aliphatic rings. The predicted octanol–water partition coefficient (Wildman–Crippen LogP) is 3.95. The number of fused-ring (bicyclic) bond motifs is 2. The predicted molar refractivity (Wildman–Crippen MR) is 158 cm³/mol. The van der Waals surface area contributed by atoms with E-state index in [1.165, 1.54) is 0 Å². The van der Waals surface area contributed by atoms with E-state index in [4.69, 9.17) is 4.74 Å². The zero-order chi connectivity index (χ0) is 29.4. The standard InChI is InChI=1S/C33H45N3O5/c1-5-7-11-18-34-19-13-17-33-27(30(39)36(28(33)31(34)40)25(22-37)21-23(3)4)26-29(38)35(24-14-9-8-10-15-24)20-12-16-32(26,6-2)41-33/h8-10,12-17,23,25-28,37H,5-7,11,18-22H2,1-4H3/t25-,26+,27+,28?,32-,33+/m1/s1. The van der Waals surface area contributed by atoms with Crippen molar-refractivity contribution >= 4 is 23.4 Å². The fourth-order valence-corrected chi connectivity index (χ4v) is 7.55. The molecule has 2 saturated heterocycles. The van der Waals surface area contributed by atoms with Crippen molar-refractivity contribution in [3.05, 3.63) is 54.6 Å². The number of carbonyl (C=O) groups is 3. The summed E-state index contributed by atoms with van der Waals surface area (Å²) in [6.45, 7) is 9.32. The summed E-state index contributed by atoms with van der Waals surface area (Å²) in [6, 6.07) is 8.00. The Balaban J connectivity index is 1.64. The Morgan fingerprint density at radius 2 is 1.68 bits per heavy atom. The van der Waals surface area contributed by atoms with Crippen molar-refractivity contribution in [2.75, 3.05) is 31.1 Å². The SMILES string of the molecule is CCCCCN1CC=C[C@]23O[C@]4(CC)C=CCN(c5ccccc5)C(=O)[C@@H]4[C@H]2C(=O)N([C@@H](CO)CC(C)C)C3C1=O. The zero-order valence-electron chi connectivity index (χ0n) is 24.9. The molecule has 1 N–H and O–H groups in total. The lowest BCUT2D eigenvalue weighted by atomic mass is 9.73. The van der Waals surface area contributed by atoms with E-state index >= 15 is 0 Å². The van der Waals surface area contributed by atoms with Crippen LogP contribution in [0.5, 0.6) is 0 Å². The van der Waals surface area contributed by atoms with Crippen LogP contribution in [0.25, 0.3) is 0 Å². The second-order valence-corrected chi connectivity index (χ2v) is 12.4. The minimum atomic E-state index is -1.31. The third-order valence-corrected chi connectivity index (χ3v) is 9.41. The van der Waals surface area contributed by atoms with Crippen LogP contribution in [0.3, 0.4) is 0 Å². The van der Waals surface area contributed by atoms with Crippen LogP contribution in [0, 0.1) is 17.8 Å². The third-order valence-electron chi connectivity index (χ3n) is 9.41. The number of carbonyl (C=O) groups excluding carboxylic acids is 3. The van der Waals surface area contributed by atoms with Gasteiger partial charge in [0.2, 0.25) is 17.7 Å². The number of para-hydroxylation sites is 1. The number of unbranched alkanes of at least 4 members (excludes halogenated alkanes) is 2. The van der Waals surface area contributed by atoms with Gasteiger partial charge in [0.15, 0.2) is 0 Å². The smallest absolute Gasteiger partial charge is 0.249 e. The number of aliphatic hydroxyl groups excluding tert-OH is 1. The Labute approximate surface area is 244 Å². The lowest BCUT2D eigenvalue weighted by Crippen LogP contribution is -2.59. The molecule has 8 heteroatoms. The monoisotopic (exact) mass is 563 g/mol. The first-order chi connectivity index (χ1) is 19.7. The maximum atomic E-state index is 14.7. The molecule has 5 rings (SSSR count). The Hall–Kier alpha value is -2.97. The first kappa shape index (κ1) is 29.5. The highest BCUT2D eigenvalue weighted by molar-refractivity contribution is 6.04. The van der Waals surface area contributed by atoms with E-state index in [1.807, 2.05) is 80.3 Å². The van der Waals surface area contributed by atoms with Gasteiger partial charge in [0.1, 0.15) is 11.6 Å². The second-order valence-electron chi connectivity index (χ2n) is 12.4. The van der Waals surface area contributed by atoms with Crippen molar-refractivity contribution in [3.8, 4) is 0 Å². The van der Waals surface area contributed by atoms with E-state index in [0.29, 0.717) is 32.5 Å². The number of benzene rings is 1. The van der Waals surface area contributed by atoms with Gasteiger partial charge in [-0.15, -0.1) is 0 Å². The number of hydrogen-bond donors (Lipinski definition) is 1. The summed E-state index contributed by atoms with van der Waals surface area (Å²) < 4.78 is 7.06. The third kappa shape index (κ3) is 4.83. The van der Waals surface area contributed by atoms with Gasteiger partial charge in [-0.25, -0.2) is 0 Å². The van der Waals surface area contributed by atoms with Crippen molar-refractivity contribution in [2.24, 2.45) is 17.8 Å². The molecule has 1 unspecified atom stereocenters. The number of rotatable bonds is 10. The maximum absolute atomic E-state index is 14.7. The molecule has 0 radical (unpaired) electrons. The number of hydrogen-bond acceptors (Lipinski definition) is 5. The van der Waals surface area contributed by atoms with Gasteiger partial charge in [0.05, 0.1) is 30.1 Å². The van der Waals surface area contributed by atoms with E-state index in [9.17, 15) is 19.5 Å². The van der Waals surface area contributed by atoms with Crippen LogP contribution in [-0.2, 0) is 19.1 Å². The van der Waals surface area contributed by atoms with Gasteiger partial charge in [0.25, 0.3) is 0 Å². The molecule has 222 valence electrons. The van der Waals surface area contributed by atoms with Crippen LogP contribution in [0.1, 0.15) is 59.8 Å². The van der Waals surface area contributed by atoms with Crippen molar-refractivity contribution in [2.45, 2.75) is 83.1 Å². The van der Waals surface area contributed by atoms with E-state index < -0.39 is 35.1 Å². The molecule has 2 fully saturated rings. The number of nitrogens with zero attached hydrogens (tertiary/aromatic N) is 3. The van der Waals surface area contributed by atoms with Gasteiger partial charge >= 0.3 is 0 Å². The Bertz CT molecular complexity index is 1200. The van der Waals surface area contributed by atoms with Crippen molar-refractivity contribution in [1.82, 2.24) is 9.80 Å². The highest BCUT2D eigenvalue weighted by atomic mass is 16.5. The topological polar surface area (TPSA) is 90.4 Å². The molecule has 1 spiro atoms. The Morgan fingerprint density at radius 1 is 0.951 bits per heavy atom. The lowest BCUT2D eigenvalue weighted by molar-refractivity contribution is -0.156. The summed E-state index contributed by atoms with van der Waals surface area (Å²) in [5.74, 6) is -2.11. The fraction of sp³-hybridized carbons (Fsp3) is 0.606. The van der Waals surface area contributed by atoms with Crippen LogP contribution >= 0.6 is 0 Å². The summed E-state index contributed by atoms with van der Waals surface area (Å²) in [6.07, 6.45) is 11.7. The molecule has 4 heterocycles. The molecule has 8 nitrogen and oxygen atoms in total. The van der Waals surface area contributed by atoms with E-state index in [0.717, 1.165) is 24.9 Å². The average molecular weight is 564 g/mol. The average Bonchev–Trinajstić information content (AvgIpc) is 3.26. The first-order valence-corrected chi connectivity index (χ1v) is 15.4. The fourth-order valence-electron chi connectivity index (χ4n) is 7.55. The maximum Gasteiger partial charge on any atom is 0.249 e. The lowest BCUT2D eigenvalue weighted by Gasteiger charge is -2.41. The summed E-state index contributed by atoms with van der Waals surface area (Å²) in [5, 5.41) is 10.6. The minimum absolute atomic E-state index is 0.164. The summed E-state index contributed by atoms with van der Waals surface area (Å²) in [4.78, 5) is 48.9. The molecule has 0 saturated carbocycles. The Morgan fingerprint density at radius 3 is 2.34 bits per heavy atom. The number of anilines is 1. The molecule has 3 amide bonds. The van der Waals surface area contributed by atoms with Crippen LogP contribution in [-0.4, -0.2) is 82.2 Å². The van der Waals surface area contributed by atoms with Crippen LogP contribution < -0.4 is 4.90 Å². The highest BCUT2D eigenvalue weighted by Crippen LogP contribution is 2.59. The molecule has 0 aliphatic carbocycles. The van der Waals surface area contributed by atoms with Crippen LogP contribution in [0.2, 0.25) is 0 Å². The molecule has 0 bridgehead atoms. The highest BCUT2D eigenvalue weighted by Gasteiger charge is 2.75. The van der Waals surface area contributed by atoms with E-state index in [2.05, 4.69) is 6.92 Å². The Kier molecular flexibility index (Phi) is 8.44. The number of ether oxygens (including phenoxy) is 1. The molecular formula is C33H45N3O5. The quantitative estimate of drug-likeness (QED) is 0.344. The van der Waals surface area contributed by atoms with Crippen molar-refractivity contribution in [3.63, 3.8) is 0 Å². The van der Waals surface area contributed by atoms with Gasteiger partial charge in [-0.2, -0.15) is 0 Å². The zero-order valence-corrected chi connectivity index (χ0v) is 24.9. The largest absolute Gasteiger partial charge is 0.394 e. The molecule has 1 aromatic rings. The number of amides is 3. The van der Waals surface area contributed by atoms with Crippen LogP contribution in [0.4, 0.5) is 5.69 Å². The van der Waals surface area contributed by atoms with Crippen LogP contribution in [0.15, 0.2) is 54.6 Å². The molecule has 4 aliphatic heterocycles.